The molecule has 0 bridgehead atoms. The van der Waals surface area contributed by atoms with Gasteiger partial charge >= 0.3 is 6.18 Å². The summed E-state index contributed by atoms with van der Waals surface area (Å²) in [4.78, 5) is 0. The SMILES string of the molecule is CCCNCCCc1nnc(CCOCC(F)(F)F)s1. The average Bonchev–Trinajstić information content (AvgIpc) is 2.81. The maximum Gasteiger partial charge on any atom is 0.411 e. The van der Waals surface area contributed by atoms with E-state index in [4.69, 9.17) is 0 Å². The molecule has 0 atom stereocenters. The van der Waals surface area contributed by atoms with Crippen molar-refractivity contribution in [1.82, 2.24) is 15.5 Å². The van der Waals surface area contributed by atoms with Crippen molar-refractivity contribution < 1.29 is 17.9 Å². The van der Waals surface area contributed by atoms with E-state index in [1.165, 1.54) is 11.3 Å². The molecule has 0 saturated heterocycles. The van der Waals surface area contributed by atoms with Gasteiger partial charge in [-0.1, -0.05) is 6.92 Å². The van der Waals surface area contributed by atoms with E-state index in [9.17, 15) is 13.2 Å². The Morgan fingerprint density at radius 3 is 2.50 bits per heavy atom. The number of hydrogen-bond acceptors (Lipinski definition) is 5. The number of rotatable bonds is 10. The summed E-state index contributed by atoms with van der Waals surface area (Å²) in [5, 5.41) is 12.9. The van der Waals surface area contributed by atoms with E-state index in [2.05, 4.69) is 27.2 Å². The number of aromatic nitrogens is 2. The molecule has 8 heteroatoms. The number of hydrogen-bond donors (Lipinski definition) is 1. The van der Waals surface area contributed by atoms with Crippen LogP contribution >= 0.6 is 11.3 Å². The Morgan fingerprint density at radius 2 is 1.85 bits per heavy atom. The molecule has 0 aromatic carbocycles. The van der Waals surface area contributed by atoms with Gasteiger partial charge in [0.15, 0.2) is 0 Å². The van der Waals surface area contributed by atoms with Crippen LogP contribution in [0.15, 0.2) is 0 Å². The molecule has 1 aromatic rings. The van der Waals surface area contributed by atoms with Gasteiger partial charge in [-0.2, -0.15) is 13.2 Å². The third kappa shape index (κ3) is 8.44. The standard InChI is InChI=1S/C12H20F3N3OS/c1-2-6-16-7-3-4-10-17-18-11(20-10)5-8-19-9-12(13,14)15/h16H,2-9H2,1H3. The lowest BCUT2D eigenvalue weighted by Crippen LogP contribution is -2.17. The van der Waals surface area contributed by atoms with Crippen molar-refractivity contribution in [3.05, 3.63) is 10.0 Å². The number of nitrogens with one attached hydrogen (secondary N) is 1. The molecule has 0 unspecified atom stereocenters. The normalized spacial score (nSPS) is 12.0. The summed E-state index contributed by atoms with van der Waals surface area (Å²) in [6, 6.07) is 0. The number of aryl methyl sites for hydroxylation is 1. The van der Waals surface area contributed by atoms with E-state index in [0.717, 1.165) is 42.4 Å². The van der Waals surface area contributed by atoms with Crippen molar-refractivity contribution in [3.8, 4) is 0 Å². The van der Waals surface area contributed by atoms with Gasteiger partial charge in [0, 0.05) is 12.8 Å². The summed E-state index contributed by atoms with van der Waals surface area (Å²) in [5.74, 6) is 0. The molecule has 0 spiro atoms. The molecular weight excluding hydrogens is 291 g/mol. The monoisotopic (exact) mass is 311 g/mol. The lowest BCUT2D eigenvalue weighted by atomic mass is 10.3. The minimum absolute atomic E-state index is 0.0200. The maximum absolute atomic E-state index is 11.9. The minimum atomic E-state index is -4.27. The summed E-state index contributed by atoms with van der Waals surface area (Å²) in [5.41, 5.74) is 0. The zero-order chi connectivity index (χ0) is 14.8. The van der Waals surface area contributed by atoms with E-state index in [-0.39, 0.29) is 6.61 Å². The summed E-state index contributed by atoms with van der Waals surface area (Å²) < 4.78 is 40.1. The maximum atomic E-state index is 11.9. The van der Waals surface area contributed by atoms with Crippen molar-refractivity contribution >= 4 is 11.3 Å². The summed E-state index contributed by atoms with van der Waals surface area (Å²) in [7, 11) is 0. The third-order valence-corrected chi connectivity index (χ3v) is 3.45. The number of alkyl halides is 3. The van der Waals surface area contributed by atoms with E-state index >= 15 is 0 Å². The smallest absolute Gasteiger partial charge is 0.372 e. The van der Waals surface area contributed by atoms with Gasteiger partial charge in [-0.05, 0) is 25.9 Å². The predicted molar refractivity (Wildman–Crippen MR) is 72.0 cm³/mol. The quantitative estimate of drug-likeness (QED) is 0.675. The lowest BCUT2D eigenvalue weighted by Gasteiger charge is -2.05. The summed E-state index contributed by atoms with van der Waals surface area (Å²) >= 11 is 1.44. The second kappa shape index (κ2) is 9.25. The van der Waals surface area contributed by atoms with Gasteiger partial charge in [0.1, 0.15) is 16.6 Å². The molecule has 0 aliphatic heterocycles. The van der Waals surface area contributed by atoms with Crippen LogP contribution in [-0.2, 0) is 17.6 Å². The summed E-state index contributed by atoms with van der Waals surface area (Å²) in [6.07, 6.45) is -0.947. The Kier molecular flexibility index (Phi) is 8.01. The Bertz CT molecular complexity index is 371. The first-order valence-electron chi connectivity index (χ1n) is 6.67. The first-order valence-corrected chi connectivity index (χ1v) is 7.49. The second-order valence-corrected chi connectivity index (χ2v) is 5.51. The van der Waals surface area contributed by atoms with Crippen LogP contribution in [0.3, 0.4) is 0 Å². The van der Waals surface area contributed by atoms with Crippen molar-refractivity contribution in [2.24, 2.45) is 0 Å². The van der Waals surface area contributed by atoms with E-state index in [0.29, 0.717) is 6.42 Å². The molecule has 0 radical (unpaired) electrons. The number of halogens is 3. The van der Waals surface area contributed by atoms with E-state index in [1.54, 1.807) is 0 Å². The van der Waals surface area contributed by atoms with Crippen LogP contribution in [0, 0.1) is 0 Å². The van der Waals surface area contributed by atoms with Crippen molar-refractivity contribution in [3.63, 3.8) is 0 Å². The topological polar surface area (TPSA) is 47.0 Å². The Morgan fingerprint density at radius 1 is 1.15 bits per heavy atom. The number of nitrogens with zero attached hydrogens (tertiary/aromatic N) is 2. The lowest BCUT2D eigenvalue weighted by molar-refractivity contribution is -0.173. The fourth-order valence-corrected chi connectivity index (χ4v) is 2.37. The van der Waals surface area contributed by atoms with Crippen LogP contribution in [0.2, 0.25) is 0 Å². The minimum Gasteiger partial charge on any atom is -0.372 e. The highest BCUT2D eigenvalue weighted by molar-refractivity contribution is 7.11. The molecule has 1 heterocycles. The fourth-order valence-electron chi connectivity index (χ4n) is 1.50. The van der Waals surface area contributed by atoms with Crippen LogP contribution < -0.4 is 5.32 Å². The van der Waals surface area contributed by atoms with E-state index < -0.39 is 12.8 Å². The van der Waals surface area contributed by atoms with Crippen molar-refractivity contribution in [2.75, 3.05) is 26.3 Å². The molecule has 0 saturated carbocycles. The van der Waals surface area contributed by atoms with Gasteiger partial charge in [0.25, 0.3) is 0 Å². The zero-order valence-electron chi connectivity index (χ0n) is 11.5. The van der Waals surface area contributed by atoms with Gasteiger partial charge < -0.3 is 10.1 Å². The van der Waals surface area contributed by atoms with Crippen LogP contribution in [0.25, 0.3) is 0 Å². The van der Waals surface area contributed by atoms with Crippen LogP contribution in [0.1, 0.15) is 29.8 Å². The van der Waals surface area contributed by atoms with Gasteiger partial charge in [-0.15, -0.1) is 21.5 Å². The first-order chi connectivity index (χ1) is 9.51. The number of ether oxygens (including phenoxy) is 1. The van der Waals surface area contributed by atoms with Gasteiger partial charge in [-0.3, -0.25) is 0 Å². The van der Waals surface area contributed by atoms with Crippen LogP contribution in [-0.4, -0.2) is 42.7 Å². The molecule has 20 heavy (non-hydrogen) atoms. The molecule has 0 amide bonds. The highest BCUT2D eigenvalue weighted by Crippen LogP contribution is 2.15. The highest BCUT2D eigenvalue weighted by atomic mass is 32.1. The Labute approximate surface area is 120 Å². The molecule has 0 aliphatic rings. The highest BCUT2D eigenvalue weighted by Gasteiger charge is 2.27. The van der Waals surface area contributed by atoms with Crippen molar-refractivity contribution in [1.29, 1.82) is 0 Å². The van der Waals surface area contributed by atoms with Crippen molar-refractivity contribution in [2.45, 2.75) is 38.8 Å². The van der Waals surface area contributed by atoms with Gasteiger partial charge in [0.05, 0.1) is 6.61 Å². The third-order valence-electron chi connectivity index (χ3n) is 2.41. The molecule has 0 aliphatic carbocycles. The molecule has 1 N–H and O–H groups in total. The van der Waals surface area contributed by atoms with Crippen LogP contribution in [0.4, 0.5) is 13.2 Å². The fraction of sp³-hybridized carbons (Fsp3) is 0.833. The molecule has 1 rings (SSSR count). The van der Waals surface area contributed by atoms with Gasteiger partial charge in [0.2, 0.25) is 0 Å². The summed E-state index contributed by atoms with van der Waals surface area (Å²) in [6.45, 7) is 2.88. The molecular formula is C12H20F3N3OS. The first kappa shape index (κ1) is 17.3. The van der Waals surface area contributed by atoms with Crippen LogP contribution in [0.5, 0.6) is 0 Å². The Balaban J connectivity index is 2.13. The Hall–Kier alpha value is -0.730. The zero-order valence-corrected chi connectivity index (χ0v) is 12.3. The van der Waals surface area contributed by atoms with E-state index in [1.807, 2.05) is 0 Å². The van der Waals surface area contributed by atoms with Gasteiger partial charge in [-0.25, -0.2) is 0 Å². The average molecular weight is 311 g/mol. The largest absolute Gasteiger partial charge is 0.411 e. The molecule has 4 nitrogen and oxygen atoms in total. The molecule has 1 aromatic heterocycles. The second-order valence-electron chi connectivity index (χ2n) is 4.36. The molecule has 116 valence electrons. The predicted octanol–water partition coefficient (Wildman–Crippen LogP) is 2.59. The molecule has 0 fully saturated rings.